The summed E-state index contributed by atoms with van der Waals surface area (Å²) in [6, 6.07) is 1.29. The highest BCUT2D eigenvalue weighted by atomic mass is 35.5. The highest BCUT2D eigenvalue weighted by Gasteiger charge is 2.33. The van der Waals surface area contributed by atoms with Gasteiger partial charge in [0.15, 0.2) is 0 Å². The minimum absolute atomic E-state index is 0.0329. The summed E-state index contributed by atoms with van der Waals surface area (Å²) < 4.78 is 27.1. The first kappa shape index (κ1) is 15.0. The number of halogens is 2. The van der Waals surface area contributed by atoms with Gasteiger partial charge in [-0.3, -0.25) is 0 Å². The van der Waals surface area contributed by atoms with Gasteiger partial charge < -0.3 is 0 Å². The Morgan fingerprint density at radius 2 is 2.11 bits per heavy atom. The zero-order valence-corrected chi connectivity index (χ0v) is 13.1. The summed E-state index contributed by atoms with van der Waals surface area (Å²) in [5, 5.41) is 0.235. The summed E-state index contributed by atoms with van der Waals surface area (Å²) in [4.78, 5) is 3.81. The van der Waals surface area contributed by atoms with Gasteiger partial charge in [0.2, 0.25) is 10.0 Å². The monoisotopic (exact) mass is 322 g/mol. The lowest BCUT2D eigenvalue weighted by molar-refractivity contribution is 0.372. The summed E-state index contributed by atoms with van der Waals surface area (Å²) in [6.07, 6.45) is 3.92. The topological polar surface area (TPSA) is 59.1 Å². The third-order valence-corrected chi connectivity index (χ3v) is 5.55. The Labute approximate surface area is 123 Å². The van der Waals surface area contributed by atoms with Crippen molar-refractivity contribution in [2.24, 2.45) is 5.41 Å². The Morgan fingerprint density at radius 1 is 1.42 bits per heavy atom. The molecular weight excluding hydrogens is 307 g/mol. The maximum absolute atomic E-state index is 12.2. The van der Waals surface area contributed by atoms with Gasteiger partial charge in [0.05, 0.1) is 5.02 Å². The van der Waals surface area contributed by atoms with E-state index < -0.39 is 10.0 Å². The Hall–Kier alpha value is -0.360. The number of hydrogen-bond acceptors (Lipinski definition) is 3. The first-order valence-electron chi connectivity index (χ1n) is 6.03. The molecule has 1 aliphatic rings. The van der Waals surface area contributed by atoms with Gasteiger partial charge in [0, 0.05) is 12.2 Å². The zero-order valence-electron chi connectivity index (χ0n) is 10.8. The van der Waals surface area contributed by atoms with E-state index in [-0.39, 0.29) is 26.5 Å². The smallest absolute Gasteiger partial charge is 0.242 e. The van der Waals surface area contributed by atoms with Crippen LogP contribution in [0.3, 0.4) is 0 Å². The number of hydrogen-bond donors (Lipinski definition) is 1. The third kappa shape index (κ3) is 3.60. The minimum atomic E-state index is -3.59. The quantitative estimate of drug-likeness (QED) is 0.869. The Balaban J connectivity index is 2.17. The largest absolute Gasteiger partial charge is 0.242 e. The molecule has 1 aromatic rings. The normalized spacial score (nSPS) is 22.6. The van der Waals surface area contributed by atoms with Crippen LogP contribution in [0.2, 0.25) is 10.2 Å². The lowest BCUT2D eigenvalue weighted by Crippen LogP contribution is -2.33. The van der Waals surface area contributed by atoms with Crippen LogP contribution in [-0.4, -0.2) is 19.4 Å². The van der Waals surface area contributed by atoms with E-state index in [2.05, 4.69) is 23.6 Å². The molecular formula is C12H16Cl2N2O2S. The summed E-state index contributed by atoms with van der Waals surface area (Å²) in [5.41, 5.74) is 0.184. The molecule has 1 aromatic heterocycles. The van der Waals surface area contributed by atoms with Crippen molar-refractivity contribution in [1.82, 2.24) is 9.71 Å². The molecule has 0 saturated heterocycles. The molecule has 1 aliphatic carbocycles. The maximum atomic E-state index is 12.2. The van der Waals surface area contributed by atoms with Crippen molar-refractivity contribution in [3.8, 4) is 0 Å². The fourth-order valence-corrected chi connectivity index (χ4v) is 3.95. The van der Waals surface area contributed by atoms with Gasteiger partial charge in [-0.2, -0.15) is 0 Å². The molecule has 1 heterocycles. The van der Waals surface area contributed by atoms with Crippen molar-refractivity contribution in [2.45, 2.75) is 44.0 Å². The average molecular weight is 323 g/mol. The number of pyridine rings is 1. The summed E-state index contributed by atoms with van der Waals surface area (Å²) >= 11 is 11.5. The van der Waals surface area contributed by atoms with Crippen LogP contribution in [0.25, 0.3) is 0 Å². The number of nitrogens with zero attached hydrogens (tertiary/aromatic N) is 1. The van der Waals surface area contributed by atoms with Crippen molar-refractivity contribution in [3.05, 3.63) is 22.4 Å². The van der Waals surface area contributed by atoms with Crippen LogP contribution in [0.1, 0.15) is 33.1 Å². The Morgan fingerprint density at radius 3 is 2.63 bits per heavy atom. The summed E-state index contributed by atoms with van der Waals surface area (Å²) in [5.74, 6) is 0. The fourth-order valence-electron chi connectivity index (χ4n) is 2.37. The zero-order chi connectivity index (χ0) is 14.3. The van der Waals surface area contributed by atoms with Crippen LogP contribution >= 0.6 is 23.2 Å². The van der Waals surface area contributed by atoms with E-state index in [1.807, 2.05) is 0 Å². The second-order valence-electron chi connectivity index (χ2n) is 5.67. The van der Waals surface area contributed by atoms with Crippen LogP contribution < -0.4 is 4.72 Å². The Bertz CT molecular complexity index is 587. The molecule has 0 aromatic carbocycles. The van der Waals surface area contributed by atoms with Gasteiger partial charge in [-0.05, 0) is 30.7 Å². The molecule has 0 spiro atoms. The van der Waals surface area contributed by atoms with Crippen LogP contribution in [-0.2, 0) is 10.0 Å². The molecule has 1 saturated carbocycles. The van der Waals surface area contributed by atoms with E-state index >= 15 is 0 Å². The molecule has 0 radical (unpaired) electrons. The number of rotatable bonds is 3. The van der Waals surface area contributed by atoms with Crippen LogP contribution in [0.4, 0.5) is 0 Å². The van der Waals surface area contributed by atoms with Crippen molar-refractivity contribution < 1.29 is 8.42 Å². The SMILES string of the molecule is CC1(C)CCC(NS(=O)(=O)c2cnc(Cl)c(Cl)c2)C1. The van der Waals surface area contributed by atoms with Crippen LogP contribution in [0.5, 0.6) is 0 Å². The predicted molar refractivity (Wildman–Crippen MR) is 76.0 cm³/mol. The molecule has 1 N–H and O–H groups in total. The standard InChI is InChI=1S/C12H16Cl2N2O2S/c1-12(2)4-3-8(6-12)16-19(17,18)9-5-10(13)11(14)15-7-9/h5,7-8,16H,3-4,6H2,1-2H3. The first-order valence-corrected chi connectivity index (χ1v) is 8.27. The van der Waals surface area contributed by atoms with Crippen molar-refractivity contribution in [2.75, 3.05) is 0 Å². The molecule has 19 heavy (non-hydrogen) atoms. The van der Waals surface area contributed by atoms with Gasteiger partial charge in [-0.1, -0.05) is 37.0 Å². The molecule has 2 rings (SSSR count). The van der Waals surface area contributed by atoms with E-state index in [0.29, 0.717) is 0 Å². The molecule has 4 nitrogen and oxygen atoms in total. The number of sulfonamides is 1. The highest BCUT2D eigenvalue weighted by molar-refractivity contribution is 7.89. The summed E-state index contributed by atoms with van der Waals surface area (Å²) in [6.45, 7) is 4.28. The number of aromatic nitrogens is 1. The minimum Gasteiger partial charge on any atom is -0.242 e. The van der Waals surface area contributed by atoms with Crippen LogP contribution in [0.15, 0.2) is 17.2 Å². The van der Waals surface area contributed by atoms with E-state index in [1.54, 1.807) is 0 Å². The van der Waals surface area contributed by atoms with Gasteiger partial charge >= 0.3 is 0 Å². The second kappa shape index (κ2) is 5.20. The van der Waals surface area contributed by atoms with Crippen molar-refractivity contribution in [1.29, 1.82) is 0 Å². The van der Waals surface area contributed by atoms with Gasteiger partial charge in [0.25, 0.3) is 0 Å². The molecule has 0 aliphatic heterocycles. The predicted octanol–water partition coefficient (Wildman–Crippen LogP) is 3.25. The fraction of sp³-hybridized carbons (Fsp3) is 0.583. The average Bonchev–Trinajstić information content (AvgIpc) is 2.61. The lowest BCUT2D eigenvalue weighted by Gasteiger charge is -2.17. The Kier molecular flexibility index (Phi) is 4.12. The second-order valence-corrected chi connectivity index (χ2v) is 8.15. The van der Waals surface area contributed by atoms with Crippen molar-refractivity contribution >= 4 is 33.2 Å². The number of nitrogens with one attached hydrogen (secondary N) is 1. The van der Waals surface area contributed by atoms with E-state index in [0.717, 1.165) is 19.3 Å². The molecule has 106 valence electrons. The first-order chi connectivity index (χ1) is 8.70. The molecule has 1 unspecified atom stereocenters. The van der Waals surface area contributed by atoms with E-state index in [9.17, 15) is 8.42 Å². The molecule has 1 atom stereocenters. The third-order valence-electron chi connectivity index (χ3n) is 3.37. The maximum Gasteiger partial charge on any atom is 0.242 e. The lowest BCUT2D eigenvalue weighted by atomic mass is 9.92. The van der Waals surface area contributed by atoms with E-state index in [1.165, 1.54) is 12.3 Å². The molecule has 0 amide bonds. The van der Waals surface area contributed by atoms with Gasteiger partial charge in [0.1, 0.15) is 10.0 Å². The molecule has 7 heteroatoms. The van der Waals surface area contributed by atoms with Gasteiger partial charge in [-0.25, -0.2) is 18.1 Å². The summed E-state index contributed by atoms with van der Waals surface area (Å²) in [7, 11) is -3.59. The van der Waals surface area contributed by atoms with Gasteiger partial charge in [-0.15, -0.1) is 0 Å². The van der Waals surface area contributed by atoms with Crippen molar-refractivity contribution in [3.63, 3.8) is 0 Å². The van der Waals surface area contributed by atoms with Crippen LogP contribution in [0, 0.1) is 5.41 Å². The molecule has 1 fully saturated rings. The highest BCUT2D eigenvalue weighted by Crippen LogP contribution is 2.37. The van der Waals surface area contributed by atoms with E-state index in [4.69, 9.17) is 23.2 Å². The molecule has 0 bridgehead atoms.